The van der Waals surface area contributed by atoms with Crippen molar-refractivity contribution in [1.82, 2.24) is 9.36 Å². The lowest BCUT2D eigenvalue weighted by molar-refractivity contribution is -0.112. The van der Waals surface area contributed by atoms with Crippen molar-refractivity contribution in [2.75, 3.05) is 6.61 Å². The number of allylic oxidation sites excluding steroid dienone is 1. The van der Waals surface area contributed by atoms with Crippen molar-refractivity contribution in [3.63, 3.8) is 0 Å². The van der Waals surface area contributed by atoms with Gasteiger partial charge in [-0.2, -0.15) is 0 Å². The number of carbonyl (C=O) groups excluding carboxylic acids is 1. The summed E-state index contributed by atoms with van der Waals surface area (Å²) in [5.41, 5.74) is 0.684. The fourth-order valence-electron chi connectivity index (χ4n) is 3.63. The van der Waals surface area contributed by atoms with Gasteiger partial charge >= 0.3 is 0 Å². The molecule has 0 radical (unpaired) electrons. The summed E-state index contributed by atoms with van der Waals surface area (Å²) >= 11 is 12.6. The molecular weight excluding hydrogens is 430 g/mol. The number of ketones is 1. The quantitative estimate of drug-likeness (QED) is 0.484. The van der Waals surface area contributed by atoms with E-state index < -0.39 is 5.82 Å². The number of halogens is 3. The van der Waals surface area contributed by atoms with Crippen LogP contribution in [0.15, 0.2) is 28.6 Å². The fourth-order valence-corrected chi connectivity index (χ4v) is 4.19. The molecule has 8 heteroatoms. The number of nitrogens with zero attached hydrogens (tertiary/aromatic N) is 2. The Morgan fingerprint density at radius 2 is 1.93 bits per heavy atom. The highest BCUT2D eigenvalue weighted by Crippen LogP contribution is 2.36. The van der Waals surface area contributed by atoms with E-state index in [9.17, 15) is 14.0 Å². The lowest BCUT2D eigenvalue weighted by Gasteiger charge is -2.17. The fraction of sp³-hybridized carbons (Fsp3) is 0.455. The molecule has 1 aliphatic rings. The molecule has 1 aromatic carbocycles. The Morgan fingerprint density at radius 1 is 1.23 bits per heavy atom. The van der Waals surface area contributed by atoms with Crippen molar-refractivity contribution in [1.29, 1.82) is 0 Å². The number of rotatable bonds is 8. The molecule has 5 nitrogen and oxygen atoms in total. The molecule has 2 heterocycles. The number of ether oxygens (including phenoxy) is 1. The minimum atomic E-state index is -0.639. The molecule has 1 aromatic heterocycles. The molecule has 0 atom stereocenters. The van der Waals surface area contributed by atoms with Crippen molar-refractivity contribution in [2.24, 2.45) is 0 Å². The monoisotopic (exact) mass is 454 g/mol. The highest BCUT2D eigenvalue weighted by molar-refractivity contribution is 6.33. The Morgan fingerprint density at radius 3 is 2.57 bits per heavy atom. The van der Waals surface area contributed by atoms with Crippen molar-refractivity contribution in [2.45, 2.75) is 59.0 Å². The van der Waals surface area contributed by atoms with E-state index in [4.69, 9.17) is 27.9 Å². The smallest absolute Gasteiger partial charge is 0.276 e. The zero-order chi connectivity index (χ0) is 21.8. The largest absolute Gasteiger partial charge is 0.488 e. The Balaban J connectivity index is 1.95. The topological polar surface area (TPSA) is 53.2 Å². The molecule has 0 amide bonds. The van der Waals surface area contributed by atoms with Gasteiger partial charge in [-0.15, -0.1) is 0 Å². The molecule has 0 bridgehead atoms. The molecular formula is C22H25Cl2FN2O3. The van der Waals surface area contributed by atoms with Gasteiger partial charge in [0.15, 0.2) is 5.78 Å². The van der Waals surface area contributed by atoms with Crippen LogP contribution in [0.5, 0.6) is 5.75 Å². The van der Waals surface area contributed by atoms with Gasteiger partial charge in [-0.1, -0.05) is 36.5 Å². The normalized spacial score (nSPS) is 14.0. The SMILES string of the molecule is CCCC/C(=C/C(C)=O)COc1cc(-c2c(Cl)n3n(c2=O)CCCC3)c(F)cc1Cl. The molecule has 0 saturated heterocycles. The van der Waals surface area contributed by atoms with E-state index in [0.717, 1.165) is 43.7 Å². The summed E-state index contributed by atoms with van der Waals surface area (Å²) < 4.78 is 23.8. The lowest BCUT2D eigenvalue weighted by Crippen LogP contribution is -2.27. The summed E-state index contributed by atoms with van der Waals surface area (Å²) in [5.74, 6) is -0.459. The predicted octanol–water partition coefficient (Wildman–Crippen LogP) is 5.64. The van der Waals surface area contributed by atoms with Crippen LogP contribution < -0.4 is 10.3 Å². The second-order valence-electron chi connectivity index (χ2n) is 7.49. The highest BCUT2D eigenvalue weighted by Gasteiger charge is 2.25. The number of aromatic nitrogens is 2. The average molecular weight is 455 g/mol. The molecule has 0 aliphatic carbocycles. The van der Waals surface area contributed by atoms with E-state index in [2.05, 4.69) is 6.92 Å². The maximum Gasteiger partial charge on any atom is 0.276 e. The third-order valence-electron chi connectivity index (χ3n) is 5.13. The first-order valence-corrected chi connectivity index (χ1v) is 10.9. The number of hydrogen-bond donors (Lipinski definition) is 0. The molecule has 1 aliphatic heterocycles. The number of hydrogen-bond acceptors (Lipinski definition) is 3. The highest BCUT2D eigenvalue weighted by atomic mass is 35.5. The van der Waals surface area contributed by atoms with Gasteiger partial charge in [0.1, 0.15) is 23.3 Å². The molecule has 0 unspecified atom stereocenters. The maximum atomic E-state index is 14.8. The van der Waals surface area contributed by atoms with Crippen LogP contribution >= 0.6 is 23.2 Å². The van der Waals surface area contributed by atoms with E-state index in [1.807, 2.05) is 0 Å². The minimum Gasteiger partial charge on any atom is -0.488 e. The van der Waals surface area contributed by atoms with Gasteiger partial charge in [-0.3, -0.25) is 14.3 Å². The van der Waals surface area contributed by atoms with Crippen molar-refractivity contribution < 1.29 is 13.9 Å². The molecule has 0 saturated carbocycles. The lowest BCUT2D eigenvalue weighted by atomic mass is 10.1. The van der Waals surface area contributed by atoms with E-state index in [1.54, 1.807) is 15.4 Å². The molecule has 162 valence electrons. The van der Waals surface area contributed by atoms with Gasteiger partial charge in [-0.25, -0.2) is 9.07 Å². The first-order chi connectivity index (χ1) is 14.3. The van der Waals surface area contributed by atoms with Gasteiger partial charge in [-0.05, 0) is 56.4 Å². The van der Waals surface area contributed by atoms with E-state index in [1.165, 1.54) is 13.0 Å². The van der Waals surface area contributed by atoms with Gasteiger partial charge in [0, 0.05) is 18.7 Å². The zero-order valence-electron chi connectivity index (χ0n) is 17.1. The van der Waals surface area contributed by atoms with Gasteiger partial charge in [0.2, 0.25) is 0 Å². The summed E-state index contributed by atoms with van der Waals surface area (Å²) in [5, 5.41) is 0.307. The van der Waals surface area contributed by atoms with Crippen LogP contribution in [0.4, 0.5) is 4.39 Å². The summed E-state index contributed by atoms with van der Waals surface area (Å²) in [7, 11) is 0. The molecule has 0 spiro atoms. The number of fused-ring (bicyclic) bond motifs is 1. The van der Waals surface area contributed by atoms with E-state index >= 15 is 0 Å². The van der Waals surface area contributed by atoms with Crippen molar-refractivity contribution >= 4 is 29.0 Å². The molecule has 2 aromatic rings. The summed E-state index contributed by atoms with van der Waals surface area (Å²) in [6, 6.07) is 2.54. The maximum absolute atomic E-state index is 14.8. The third kappa shape index (κ3) is 4.81. The number of carbonyl (C=O) groups is 1. The van der Waals surface area contributed by atoms with Gasteiger partial charge in [0.25, 0.3) is 5.56 Å². The predicted molar refractivity (Wildman–Crippen MR) is 117 cm³/mol. The summed E-state index contributed by atoms with van der Waals surface area (Å²) in [6.45, 7) is 4.87. The Kier molecular flexibility index (Phi) is 7.42. The van der Waals surface area contributed by atoms with Crippen molar-refractivity contribution in [3.05, 3.63) is 50.1 Å². The first kappa shape index (κ1) is 22.6. The Labute approximate surface area is 185 Å². The Bertz CT molecular complexity index is 1040. The van der Waals surface area contributed by atoms with Crippen LogP contribution in [0.25, 0.3) is 11.1 Å². The van der Waals surface area contributed by atoms with Gasteiger partial charge < -0.3 is 4.74 Å². The van der Waals surface area contributed by atoms with Crippen molar-refractivity contribution in [3.8, 4) is 16.9 Å². The number of unbranched alkanes of at least 4 members (excludes halogenated alkanes) is 1. The van der Waals surface area contributed by atoms with Gasteiger partial charge in [0.05, 0.1) is 10.6 Å². The van der Waals surface area contributed by atoms with Crippen LogP contribution in [0, 0.1) is 5.82 Å². The second kappa shape index (κ2) is 9.84. The molecule has 0 N–H and O–H groups in total. The zero-order valence-corrected chi connectivity index (χ0v) is 18.7. The standard InChI is InChI=1S/C22H25Cl2FN2O3/c1-3-4-7-15(10-14(2)28)13-30-19-11-16(18(25)12-17(19)23)20-21(24)26-8-5-6-9-27(26)22(20)29/h10-12H,3-9,13H2,1-2H3/b15-10-. The molecule has 30 heavy (non-hydrogen) atoms. The third-order valence-corrected chi connectivity index (χ3v) is 5.80. The summed E-state index contributed by atoms with van der Waals surface area (Å²) in [4.78, 5) is 24.3. The molecule has 3 rings (SSSR count). The molecule has 0 fully saturated rings. The van der Waals surface area contributed by atoms with Crippen LogP contribution in [0.3, 0.4) is 0 Å². The van der Waals surface area contributed by atoms with E-state index in [0.29, 0.717) is 13.1 Å². The second-order valence-corrected chi connectivity index (χ2v) is 8.26. The summed E-state index contributed by atoms with van der Waals surface area (Å²) in [6.07, 6.45) is 5.97. The minimum absolute atomic E-state index is 0.0597. The van der Waals surface area contributed by atoms with Crippen LogP contribution in [0.1, 0.15) is 46.0 Å². The van der Waals surface area contributed by atoms with Crippen LogP contribution in [0.2, 0.25) is 10.2 Å². The van der Waals surface area contributed by atoms with E-state index in [-0.39, 0.29) is 45.0 Å². The number of benzene rings is 1. The Hall–Kier alpha value is -2.05. The van der Waals surface area contributed by atoms with Crippen LogP contribution in [-0.4, -0.2) is 21.8 Å². The average Bonchev–Trinajstić information content (AvgIpc) is 2.96. The van der Waals surface area contributed by atoms with Crippen LogP contribution in [-0.2, 0) is 17.9 Å². The first-order valence-electron chi connectivity index (χ1n) is 10.1.